The monoisotopic (exact) mass is 261 g/mol. The van der Waals surface area contributed by atoms with E-state index in [1.807, 2.05) is 40.1 Å². The lowest BCUT2D eigenvalue weighted by Crippen LogP contribution is -2.54. The summed E-state index contributed by atoms with van der Waals surface area (Å²) in [5.74, 6) is -0.269. The second-order valence-electron chi connectivity index (χ2n) is 4.77. The van der Waals surface area contributed by atoms with E-state index in [0.717, 1.165) is 0 Å². The van der Waals surface area contributed by atoms with E-state index in [1.165, 1.54) is 0 Å². The molecule has 5 nitrogen and oxygen atoms in total. The van der Waals surface area contributed by atoms with Crippen LogP contribution in [0.2, 0.25) is 0 Å². The van der Waals surface area contributed by atoms with Gasteiger partial charge in [-0.3, -0.25) is 14.5 Å². The molecule has 0 saturated carbocycles. The Morgan fingerprint density at radius 2 is 1.68 bits per heavy atom. The first kappa shape index (κ1) is 13.5. The summed E-state index contributed by atoms with van der Waals surface area (Å²) in [6.07, 6.45) is 0. The molecule has 1 heterocycles. The molecule has 1 atom stereocenters. The molecular weight excluding hydrogens is 242 g/mol. The van der Waals surface area contributed by atoms with Crippen LogP contribution in [0.25, 0.3) is 0 Å². The quantitative estimate of drug-likeness (QED) is 0.852. The van der Waals surface area contributed by atoms with Crippen LogP contribution in [0.1, 0.15) is 17.3 Å². The predicted molar refractivity (Wildman–Crippen MR) is 72.6 cm³/mol. The van der Waals surface area contributed by atoms with Crippen LogP contribution in [-0.2, 0) is 4.79 Å². The minimum atomic E-state index is -0.317. The predicted octanol–water partition coefficient (Wildman–Crippen LogP) is 0.318. The molecule has 0 aliphatic carbocycles. The first-order valence-electron chi connectivity index (χ1n) is 6.47. The molecule has 0 aromatic heterocycles. The third-order valence-corrected chi connectivity index (χ3v) is 3.58. The van der Waals surface area contributed by atoms with Crippen LogP contribution in [-0.4, -0.2) is 53.8 Å². The summed E-state index contributed by atoms with van der Waals surface area (Å²) in [5, 5.41) is 0. The molecule has 1 aliphatic heterocycles. The fraction of sp³-hybridized carbons (Fsp3) is 0.429. The van der Waals surface area contributed by atoms with E-state index in [2.05, 4.69) is 0 Å². The summed E-state index contributed by atoms with van der Waals surface area (Å²) in [5.41, 5.74) is 6.00. The van der Waals surface area contributed by atoms with Gasteiger partial charge in [0.05, 0.1) is 6.04 Å². The second-order valence-corrected chi connectivity index (χ2v) is 4.77. The van der Waals surface area contributed by atoms with Crippen molar-refractivity contribution in [2.24, 2.45) is 5.73 Å². The highest BCUT2D eigenvalue weighted by atomic mass is 16.2. The van der Waals surface area contributed by atoms with E-state index in [4.69, 9.17) is 5.73 Å². The molecule has 1 saturated heterocycles. The van der Waals surface area contributed by atoms with Gasteiger partial charge in [0.25, 0.3) is 5.91 Å². The van der Waals surface area contributed by atoms with Crippen LogP contribution in [0.4, 0.5) is 0 Å². The largest absolute Gasteiger partial charge is 0.368 e. The molecular formula is C14H19N3O2. The van der Waals surface area contributed by atoms with Crippen LogP contribution in [0.3, 0.4) is 0 Å². The maximum atomic E-state index is 12.2. The molecule has 1 aliphatic rings. The first-order valence-corrected chi connectivity index (χ1v) is 6.47. The number of rotatable bonds is 3. The fourth-order valence-corrected chi connectivity index (χ4v) is 2.26. The number of carbonyl (C=O) groups is 2. The topological polar surface area (TPSA) is 66.6 Å². The lowest BCUT2D eigenvalue weighted by Gasteiger charge is -2.36. The number of carbonyl (C=O) groups excluding carboxylic acids is 2. The Morgan fingerprint density at radius 1 is 1.11 bits per heavy atom. The van der Waals surface area contributed by atoms with E-state index in [9.17, 15) is 9.59 Å². The maximum absolute atomic E-state index is 12.2. The van der Waals surface area contributed by atoms with Crippen molar-refractivity contribution < 1.29 is 9.59 Å². The number of hydrogen-bond donors (Lipinski definition) is 1. The molecule has 2 rings (SSSR count). The molecule has 5 heteroatoms. The summed E-state index contributed by atoms with van der Waals surface area (Å²) in [4.78, 5) is 27.2. The highest BCUT2D eigenvalue weighted by Gasteiger charge is 2.26. The Balaban J connectivity index is 1.93. The van der Waals surface area contributed by atoms with Gasteiger partial charge < -0.3 is 10.6 Å². The Bertz CT molecular complexity index is 453. The maximum Gasteiger partial charge on any atom is 0.253 e. The fourth-order valence-electron chi connectivity index (χ4n) is 2.26. The van der Waals surface area contributed by atoms with E-state index in [-0.39, 0.29) is 17.9 Å². The number of benzene rings is 1. The number of primary amides is 1. The van der Waals surface area contributed by atoms with Crippen molar-refractivity contribution in [1.82, 2.24) is 9.80 Å². The van der Waals surface area contributed by atoms with Gasteiger partial charge in [-0.05, 0) is 19.1 Å². The van der Waals surface area contributed by atoms with Gasteiger partial charge in [-0.1, -0.05) is 18.2 Å². The summed E-state index contributed by atoms with van der Waals surface area (Å²) < 4.78 is 0. The van der Waals surface area contributed by atoms with E-state index in [1.54, 1.807) is 6.92 Å². The summed E-state index contributed by atoms with van der Waals surface area (Å²) >= 11 is 0. The highest BCUT2D eigenvalue weighted by Crippen LogP contribution is 2.10. The third-order valence-electron chi connectivity index (χ3n) is 3.58. The molecule has 102 valence electrons. The smallest absolute Gasteiger partial charge is 0.253 e. The van der Waals surface area contributed by atoms with Crippen molar-refractivity contribution in [3.8, 4) is 0 Å². The van der Waals surface area contributed by atoms with Crippen LogP contribution in [0, 0.1) is 0 Å². The van der Waals surface area contributed by atoms with Gasteiger partial charge in [0.1, 0.15) is 0 Å². The van der Waals surface area contributed by atoms with Crippen LogP contribution >= 0.6 is 0 Å². The van der Waals surface area contributed by atoms with Gasteiger partial charge in [0, 0.05) is 31.7 Å². The summed E-state index contributed by atoms with van der Waals surface area (Å²) in [7, 11) is 0. The first-order chi connectivity index (χ1) is 9.09. The van der Waals surface area contributed by atoms with Crippen LogP contribution in [0.5, 0.6) is 0 Å². The highest BCUT2D eigenvalue weighted by molar-refractivity contribution is 5.94. The molecule has 1 aromatic rings. The molecule has 0 bridgehead atoms. The SMILES string of the molecule is CC(C(N)=O)N1CCN(C(=O)c2ccccc2)CC1. The molecule has 0 spiro atoms. The van der Waals surface area contributed by atoms with Gasteiger partial charge in [0.2, 0.25) is 5.91 Å². The minimum Gasteiger partial charge on any atom is -0.368 e. The lowest BCUT2D eigenvalue weighted by atomic mass is 10.1. The van der Waals surface area contributed by atoms with Crippen molar-refractivity contribution >= 4 is 11.8 Å². The van der Waals surface area contributed by atoms with Crippen molar-refractivity contribution in [2.45, 2.75) is 13.0 Å². The Hall–Kier alpha value is -1.88. The molecule has 1 fully saturated rings. The zero-order chi connectivity index (χ0) is 13.8. The third kappa shape index (κ3) is 3.12. The number of nitrogens with two attached hydrogens (primary N) is 1. The van der Waals surface area contributed by atoms with Gasteiger partial charge in [-0.15, -0.1) is 0 Å². The van der Waals surface area contributed by atoms with Crippen LogP contribution < -0.4 is 5.73 Å². The number of amides is 2. The van der Waals surface area contributed by atoms with Gasteiger partial charge in [-0.2, -0.15) is 0 Å². The standard InChI is InChI=1S/C14H19N3O2/c1-11(13(15)18)16-7-9-17(10-8-16)14(19)12-5-3-2-4-6-12/h2-6,11H,7-10H2,1H3,(H2,15,18). The van der Waals surface area contributed by atoms with Crippen LogP contribution in [0.15, 0.2) is 30.3 Å². The molecule has 0 radical (unpaired) electrons. The van der Waals surface area contributed by atoms with Gasteiger partial charge in [-0.25, -0.2) is 0 Å². The minimum absolute atomic E-state index is 0.0481. The molecule has 2 amide bonds. The van der Waals surface area contributed by atoms with Crippen molar-refractivity contribution in [2.75, 3.05) is 26.2 Å². The molecule has 1 unspecified atom stereocenters. The summed E-state index contributed by atoms with van der Waals surface area (Å²) in [6.45, 7) is 4.43. The van der Waals surface area contributed by atoms with E-state index in [0.29, 0.717) is 31.7 Å². The van der Waals surface area contributed by atoms with Gasteiger partial charge in [0.15, 0.2) is 0 Å². The van der Waals surface area contributed by atoms with E-state index < -0.39 is 0 Å². The average molecular weight is 261 g/mol. The molecule has 1 aromatic carbocycles. The summed E-state index contributed by atoms with van der Waals surface area (Å²) in [6, 6.07) is 8.98. The number of nitrogens with zero attached hydrogens (tertiary/aromatic N) is 2. The zero-order valence-corrected chi connectivity index (χ0v) is 11.1. The zero-order valence-electron chi connectivity index (χ0n) is 11.1. The van der Waals surface area contributed by atoms with Crippen molar-refractivity contribution in [3.63, 3.8) is 0 Å². The number of piperazine rings is 1. The Kier molecular flexibility index (Phi) is 4.16. The van der Waals surface area contributed by atoms with Gasteiger partial charge >= 0.3 is 0 Å². The molecule has 19 heavy (non-hydrogen) atoms. The molecule has 2 N–H and O–H groups in total. The normalized spacial score (nSPS) is 18.1. The lowest BCUT2D eigenvalue weighted by molar-refractivity contribution is -0.123. The number of hydrogen-bond acceptors (Lipinski definition) is 3. The van der Waals surface area contributed by atoms with Crippen molar-refractivity contribution in [3.05, 3.63) is 35.9 Å². The Labute approximate surface area is 113 Å². The Morgan fingerprint density at radius 3 is 2.21 bits per heavy atom. The average Bonchev–Trinajstić information content (AvgIpc) is 2.46. The second kappa shape index (κ2) is 5.84. The van der Waals surface area contributed by atoms with Crippen molar-refractivity contribution in [1.29, 1.82) is 0 Å². The van der Waals surface area contributed by atoms with E-state index >= 15 is 0 Å².